The molecule has 32 heavy (non-hydrogen) atoms. The van der Waals surface area contributed by atoms with Crippen molar-refractivity contribution in [2.45, 2.75) is 50.1 Å². The van der Waals surface area contributed by atoms with Gasteiger partial charge in [0.2, 0.25) is 0 Å². The minimum absolute atomic E-state index is 0.0110. The predicted octanol–water partition coefficient (Wildman–Crippen LogP) is 2.19. The molecule has 1 saturated heterocycles. The van der Waals surface area contributed by atoms with Crippen molar-refractivity contribution >= 4 is 33.6 Å². The van der Waals surface area contributed by atoms with Gasteiger partial charge in [0, 0.05) is 11.6 Å². The SMILES string of the molecule is CC[C@]1(C)NC(=O)N(NC(=O)c2cccc(S(=O)(=O)N3c4ccccc4C[C@H]3C)c2)C1=O. The molecule has 2 N–H and O–H groups in total. The van der Waals surface area contributed by atoms with Crippen molar-refractivity contribution in [1.29, 1.82) is 0 Å². The van der Waals surface area contributed by atoms with Gasteiger partial charge in [-0.25, -0.2) is 13.2 Å². The van der Waals surface area contributed by atoms with Crippen LogP contribution >= 0.6 is 0 Å². The van der Waals surface area contributed by atoms with Crippen LogP contribution in [-0.2, 0) is 21.2 Å². The van der Waals surface area contributed by atoms with Crippen molar-refractivity contribution in [3.63, 3.8) is 0 Å². The first-order chi connectivity index (χ1) is 15.1. The third kappa shape index (κ3) is 3.40. The lowest BCUT2D eigenvalue weighted by Crippen LogP contribution is -2.48. The summed E-state index contributed by atoms with van der Waals surface area (Å²) in [5, 5.41) is 3.17. The number of sulfonamides is 1. The Kier molecular flexibility index (Phi) is 5.20. The molecular weight excluding hydrogens is 432 g/mol. The molecule has 0 spiro atoms. The number of nitrogens with one attached hydrogen (secondary N) is 2. The summed E-state index contributed by atoms with van der Waals surface area (Å²) in [6.07, 6.45) is 0.950. The summed E-state index contributed by atoms with van der Waals surface area (Å²) in [6.45, 7) is 5.15. The van der Waals surface area contributed by atoms with E-state index in [4.69, 9.17) is 0 Å². The van der Waals surface area contributed by atoms with E-state index < -0.39 is 33.4 Å². The van der Waals surface area contributed by atoms with Crippen molar-refractivity contribution < 1.29 is 22.8 Å². The lowest BCUT2D eigenvalue weighted by atomic mass is 10.00. The van der Waals surface area contributed by atoms with Crippen LogP contribution in [0.4, 0.5) is 10.5 Å². The first-order valence-electron chi connectivity index (χ1n) is 10.3. The fraction of sp³-hybridized carbons (Fsp3) is 0.318. The highest BCUT2D eigenvalue weighted by molar-refractivity contribution is 7.92. The molecule has 2 aromatic rings. The van der Waals surface area contributed by atoms with Gasteiger partial charge < -0.3 is 5.32 Å². The average Bonchev–Trinajstić information content (AvgIpc) is 3.22. The second kappa shape index (κ2) is 7.63. The molecule has 0 unspecified atom stereocenters. The van der Waals surface area contributed by atoms with E-state index in [0.29, 0.717) is 23.5 Å². The van der Waals surface area contributed by atoms with Crippen LogP contribution in [0.15, 0.2) is 53.4 Å². The van der Waals surface area contributed by atoms with Crippen LogP contribution in [0.5, 0.6) is 0 Å². The van der Waals surface area contributed by atoms with Crippen molar-refractivity contribution in [3.05, 3.63) is 59.7 Å². The number of anilines is 1. The topological polar surface area (TPSA) is 116 Å². The van der Waals surface area contributed by atoms with Gasteiger partial charge in [-0.2, -0.15) is 5.01 Å². The second-order valence-electron chi connectivity index (χ2n) is 8.21. The predicted molar refractivity (Wildman–Crippen MR) is 117 cm³/mol. The molecule has 2 atom stereocenters. The normalized spacial score (nSPS) is 22.7. The first-order valence-corrected chi connectivity index (χ1v) is 11.7. The number of urea groups is 1. The molecule has 0 radical (unpaired) electrons. The van der Waals surface area contributed by atoms with E-state index in [2.05, 4.69) is 10.7 Å². The Morgan fingerprint density at radius 3 is 2.59 bits per heavy atom. The molecule has 4 amide bonds. The maximum absolute atomic E-state index is 13.4. The van der Waals surface area contributed by atoms with Gasteiger partial charge in [-0.05, 0) is 56.5 Å². The van der Waals surface area contributed by atoms with E-state index >= 15 is 0 Å². The lowest BCUT2D eigenvalue weighted by molar-refractivity contribution is -0.132. The maximum atomic E-state index is 13.4. The highest BCUT2D eigenvalue weighted by atomic mass is 32.2. The standard InChI is InChI=1S/C22H24N4O5S/c1-4-22(3)20(28)25(21(29)23-22)24-19(27)16-9-7-10-17(13-16)32(30,31)26-14(2)12-15-8-5-6-11-18(15)26/h5-11,13-14H,4,12H2,1-3H3,(H,23,29)(H,24,27)/t14-,22+/m1/s1. The van der Waals surface area contributed by atoms with Gasteiger partial charge >= 0.3 is 6.03 Å². The summed E-state index contributed by atoms with van der Waals surface area (Å²) in [5.41, 5.74) is 2.75. The Morgan fingerprint density at radius 1 is 1.19 bits per heavy atom. The summed E-state index contributed by atoms with van der Waals surface area (Å²) >= 11 is 0. The monoisotopic (exact) mass is 456 g/mol. The third-order valence-corrected chi connectivity index (χ3v) is 7.90. The number of benzene rings is 2. The zero-order valence-corrected chi connectivity index (χ0v) is 18.8. The molecule has 168 valence electrons. The molecule has 10 heteroatoms. The van der Waals surface area contributed by atoms with E-state index in [0.717, 1.165) is 5.56 Å². The fourth-order valence-electron chi connectivity index (χ4n) is 4.01. The van der Waals surface area contributed by atoms with Gasteiger partial charge in [-0.3, -0.25) is 19.3 Å². The molecule has 2 aromatic carbocycles. The zero-order valence-electron chi connectivity index (χ0n) is 18.0. The van der Waals surface area contributed by atoms with Gasteiger partial charge in [-0.1, -0.05) is 31.2 Å². The quantitative estimate of drug-likeness (QED) is 0.669. The highest BCUT2D eigenvalue weighted by Crippen LogP contribution is 2.36. The Morgan fingerprint density at radius 2 is 1.91 bits per heavy atom. The number of hydrogen-bond acceptors (Lipinski definition) is 5. The molecule has 0 bridgehead atoms. The smallest absolute Gasteiger partial charge is 0.322 e. The van der Waals surface area contributed by atoms with Crippen LogP contribution in [0, 0.1) is 0 Å². The summed E-state index contributed by atoms with van der Waals surface area (Å²) in [5.74, 6) is -1.34. The van der Waals surface area contributed by atoms with Crippen LogP contribution in [0.3, 0.4) is 0 Å². The Balaban J connectivity index is 1.61. The summed E-state index contributed by atoms with van der Waals surface area (Å²) in [4.78, 5) is 37.4. The largest absolute Gasteiger partial charge is 0.344 e. The van der Waals surface area contributed by atoms with Crippen LogP contribution in [0.1, 0.15) is 43.1 Å². The summed E-state index contributed by atoms with van der Waals surface area (Å²) in [7, 11) is -3.94. The van der Waals surface area contributed by atoms with Crippen LogP contribution in [-0.4, -0.2) is 42.9 Å². The van der Waals surface area contributed by atoms with Crippen LogP contribution in [0.2, 0.25) is 0 Å². The van der Waals surface area contributed by atoms with Gasteiger partial charge in [0.05, 0.1) is 10.6 Å². The van der Waals surface area contributed by atoms with Crippen molar-refractivity contribution in [2.75, 3.05) is 4.31 Å². The molecule has 0 aliphatic carbocycles. The average molecular weight is 457 g/mol. The van der Waals surface area contributed by atoms with E-state index in [9.17, 15) is 22.8 Å². The Hall–Kier alpha value is -3.40. The number of hydrogen-bond donors (Lipinski definition) is 2. The summed E-state index contributed by atoms with van der Waals surface area (Å²) in [6, 6.07) is 11.8. The van der Waals surface area contributed by atoms with Crippen LogP contribution in [0.25, 0.3) is 0 Å². The number of nitrogens with zero attached hydrogens (tertiary/aromatic N) is 2. The fourth-order valence-corrected chi connectivity index (χ4v) is 5.75. The highest BCUT2D eigenvalue weighted by Gasteiger charge is 2.47. The number of carbonyl (C=O) groups excluding carboxylic acids is 3. The molecule has 2 heterocycles. The van der Waals surface area contributed by atoms with Crippen molar-refractivity contribution in [2.24, 2.45) is 0 Å². The number of rotatable bonds is 5. The molecule has 0 aromatic heterocycles. The number of amides is 4. The lowest BCUT2D eigenvalue weighted by Gasteiger charge is -2.24. The summed E-state index contributed by atoms with van der Waals surface area (Å²) < 4.78 is 28.2. The molecule has 1 fully saturated rings. The third-order valence-electron chi connectivity index (χ3n) is 5.98. The number of hydrazine groups is 1. The number of fused-ring (bicyclic) bond motifs is 1. The van der Waals surface area contributed by atoms with Gasteiger partial charge in [0.25, 0.3) is 21.8 Å². The number of imide groups is 1. The molecule has 0 saturated carbocycles. The Bertz CT molecular complexity index is 1230. The molecule has 2 aliphatic heterocycles. The van der Waals surface area contributed by atoms with Crippen LogP contribution < -0.4 is 15.0 Å². The second-order valence-corrected chi connectivity index (χ2v) is 10.0. The maximum Gasteiger partial charge on any atom is 0.344 e. The van der Waals surface area contributed by atoms with Crippen molar-refractivity contribution in [1.82, 2.24) is 15.8 Å². The van der Waals surface area contributed by atoms with E-state index in [-0.39, 0.29) is 16.5 Å². The number of carbonyl (C=O) groups is 3. The minimum Gasteiger partial charge on any atom is -0.322 e. The minimum atomic E-state index is -3.94. The molecule has 9 nitrogen and oxygen atoms in total. The number of para-hydroxylation sites is 1. The van der Waals surface area contributed by atoms with Gasteiger partial charge in [0.15, 0.2) is 0 Å². The van der Waals surface area contributed by atoms with Gasteiger partial charge in [-0.15, -0.1) is 0 Å². The van der Waals surface area contributed by atoms with E-state index in [1.807, 2.05) is 19.1 Å². The molecular formula is C22H24N4O5S. The zero-order chi connectivity index (χ0) is 23.3. The van der Waals surface area contributed by atoms with Crippen molar-refractivity contribution in [3.8, 4) is 0 Å². The molecule has 4 rings (SSSR count). The Labute approximate surface area is 186 Å². The first kappa shape index (κ1) is 21.8. The van der Waals surface area contributed by atoms with Gasteiger partial charge in [0.1, 0.15) is 5.54 Å². The molecule has 2 aliphatic rings. The van der Waals surface area contributed by atoms with E-state index in [1.54, 1.807) is 26.0 Å². The van der Waals surface area contributed by atoms with E-state index in [1.165, 1.54) is 28.6 Å².